The molecule has 2 aliphatic heterocycles. The van der Waals surface area contributed by atoms with Gasteiger partial charge >= 0.3 is 0 Å². The number of nitrogens with one attached hydrogen (secondary N) is 1. The van der Waals surface area contributed by atoms with Crippen molar-refractivity contribution in [2.75, 3.05) is 26.2 Å². The highest BCUT2D eigenvalue weighted by Crippen LogP contribution is 2.31. The number of aryl methyl sites for hydroxylation is 1. The van der Waals surface area contributed by atoms with Crippen molar-refractivity contribution in [2.24, 2.45) is 11.8 Å². The second-order valence-electron chi connectivity index (χ2n) is 6.45. The number of carbonyl (C=O) groups excluding carboxylic acids is 1. The predicted octanol–water partition coefficient (Wildman–Crippen LogP) is 2.78. The highest BCUT2D eigenvalue weighted by Gasteiger charge is 2.32. The Morgan fingerprint density at radius 3 is 2.74 bits per heavy atom. The topological polar surface area (TPSA) is 58.4 Å². The fourth-order valence-corrected chi connectivity index (χ4v) is 4.54. The summed E-state index contributed by atoms with van der Waals surface area (Å²) in [6.45, 7) is 5.85. The van der Waals surface area contributed by atoms with Gasteiger partial charge in [0.05, 0.1) is 6.26 Å². The van der Waals surface area contributed by atoms with E-state index in [-0.39, 0.29) is 5.91 Å². The van der Waals surface area contributed by atoms with E-state index in [1.807, 2.05) is 24.0 Å². The molecule has 4 rings (SSSR count). The zero-order valence-electron chi connectivity index (χ0n) is 13.2. The van der Waals surface area contributed by atoms with E-state index in [0.717, 1.165) is 66.5 Å². The molecule has 0 radical (unpaired) electrons. The van der Waals surface area contributed by atoms with Gasteiger partial charge in [-0.2, -0.15) is 0 Å². The number of hydrogen-bond donors (Lipinski definition) is 1. The normalized spacial score (nSPS) is 24.5. The first-order chi connectivity index (χ1) is 11.2. The number of aromatic nitrogens is 1. The van der Waals surface area contributed by atoms with E-state index in [1.54, 1.807) is 6.26 Å². The number of fused-ring (bicyclic) bond motifs is 1. The average molecular weight is 331 g/mol. The van der Waals surface area contributed by atoms with E-state index >= 15 is 0 Å². The largest absolute Gasteiger partial charge is 0.462 e. The molecule has 23 heavy (non-hydrogen) atoms. The molecule has 0 aromatic carbocycles. The summed E-state index contributed by atoms with van der Waals surface area (Å²) >= 11 is 1.52. The summed E-state index contributed by atoms with van der Waals surface area (Å²) in [7, 11) is 0. The molecule has 0 aliphatic carbocycles. The van der Waals surface area contributed by atoms with Crippen LogP contribution in [0, 0.1) is 18.8 Å². The smallest absolute Gasteiger partial charge is 0.273 e. The van der Waals surface area contributed by atoms with Crippen molar-refractivity contribution in [3.63, 3.8) is 0 Å². The average Bonchev–Trinajstić information content (AvgIpc) is 3.26. The molecule has 1 amide bonds. The molecule has 2 aromatic heterocycles. The molecule has 2 fully saturated rings. The molecular formula is C17H21N3O2S. The molecule has 5 nitrogen and oxygen atoms in total. The molecule has 0 unspecified atom stereocenters. The molecule has 0 saturated carbocycles. The first kappa shape index (κ1) is 14.9. The van der Waals surface area contributed by atoms with E-state index in [1.165, 1.54) is 11.3 Å². The summed E-state index contributed by atoms with van der Waals surface area (Å²) < 4.78 is 5.40. The fourth-order valence-electron chi connectivity index (χ4n) is 3.67. The van der Waals surface area contributed by atoms with Gasteiger partial charge in [0.15, 0.2) is 10.8 Å². The molecule has 0 spiro atoms. The van der Waals surface area contributed by atoms with Gasteiger partial charge in [-0.15, -0.1) is 11.3 Å². The minimum Gasteiger partial charge on any atom is -0.462 e. The molecular weight excluding hydrogens is 310 g/mol. The summed E-state index contributed by atoms with van der Waals surface area (Å²) in [6, 6.07) is 3.72. The van der Waals surface area contributed by atoms with Crippen molar-refractivity contribution >= 4 is 17.2 Å². The molecule has 2 saturated heterocycles. The first-order valence-electron chi connectivity index (χ1n) is 8.23. The van der Waals surface area contributed by atoms with Crippen LogP contribution in [-0.4, -0.2) is 42.0 Å². The van der Waals surface area contributed by atoms with Gasteiger partial charge in [-0.1, -0.05) is 0 Å². The third kappa shape index (κ3) is 2.81. The molecule has 4 heterocycles. The molecule has 2 aliphatic rings. The third-order valence-corrected chi connectivity index (χ3v) is 6.02. The van der Waals surface area contributed by atoms with E-state index in [2.05, 4.69) is 10.3 Å². The number of rotatable bonds is 2. The highest BCUT2D eigenvalue weighted by atomic mass is 32.1. The number of carbonyl (C=O) groups is 1. The van der Waals surface area contributed by atoms with Crippen molar-refractivity contribution < 1.29 is 9.21 Å². The summed E-state index contributed by atoms with van der Waals surface area (Å²) in [5.41, 5.74) is 0.589. The highest BCUT2D eigenvalue weighted by molar-refractivity contribution is 7.15. The number of likely N-dealkylation sites (tertiary alicyclic amines) is 1. The van der Waals surface area contributed by atoms with Crippen LogP contribution in [0.3, 0.4) is 0 Å². The van der Waals surface area contributed by atoms with Gasteiger partial charge in [0, 0.05) is 18.0 Å². The zero-order valence-corrected chi connectivity index (χ0v) is 14.1. The monoisotopic (exact) mass is 331 g/mol. The number of amides is 1. The lowest BCUT2D eigenvalue weighted by Crippen LogP contribution is -2.33. The maximum atomic E-state index is 12.9. The molecule has 1 N–H and O–H groups in total. The molecule has 2 aromatic rings. The van der Waals surface area contributed by atoms with Gasteiger partial charge in [0.25, 0.3) is 5.91 Å². The Morgan fingerprint density at radius 1 is 1.35 bits per heavy atom. The lowest BCUT2D eigenvalue weighted by atomic mass is 9.92. The Bertz CT molecular complexity index is 681. The summed E-state index contributed by atoms with van der Waals surface area (Å²) in [6.07, 6.45) is 3.82. The van der Waals surface area contributed by atoms with Crippen molar-refractivity contribution in [3.05, 3.63) is 29.0 Å². The Morgan fingerprint density at radius 2 is 2.09 bits per heavy atom. The van der Waals surface area contributed by atoms with Crippen LogP contribution in [0.25, 0.3) is 10.8 Å². The Balaban J connectivity index is 1.52. The summed E-state index contributed by atoms with van der Waals surface area (Å²) in [4.78, 5) is 20.4. The Labute approximate surface area is 139 Å². The lowest BCUT2D eigenvalue weighted by molar-refractivity contribution is 0.0753. The van der Waals surface area contributed by atoms with E-state index in [0.29, 0.717) is 5.69 Å². The van der Waals surface area contributed by atoms with Crippen LogP contribution in [0.1, 0.15) is 28.2 Å². The summed E-state index contributed by atoms with van der Waals surface area (Å²) in [5, 5.41) is 4.26. The van der Waals surface area contributed by atoms with Crippen molar-refractivity contribution in [3.8, 4) is 10.8 Å². The quantitative estimate of drug-likeness (QED) is 0.919. The van der Waals surface area contributed by atoms with Gasteiger partial charge in [-0.05, 0) is 56.8 Å². The lowest BCUT2D eigenvalue weighted by Gasteiger charge is -2.20. The number of hydrogen-bond acceptors (Lipinski definition) is 5. The maximum Gasteiger partial charge on any atom is 0.273 e. The predicted molar refractivity (Wildman–Crippen MR) is 89.5 cm³/mol. The van der Waals surface area contributed by atoms with E-state index < -0.39 is 0 Å². The van der Waals surface area contributed by atoms with Gasteiger partial charge in [-0.25, -0.2) is 4.98 Å². The first-order valence-corrected chi connectivity index (χ1v) is 9.05. The minimum absolute atomic E-state index is 0.0736. The molecule has 2 atom stereocenters. The van der Waals surface area contributed by atoms with Gasteiger partial charge < -0.3 is 14.6 Å². The van der Waals surface area contributed by atoms with Gasteiger partial charge in [0.2, 0.25) is 0 Å². The second-order valence-corrected chi connectivity index (χ2v) is 7.65. The van der Waals surface area contributed by atoms with Crippen LogP contribution >= 0.6 is 11.3 Å². The number of thiazole rings is 1. The summed E-state index contributed by atoms with van der Waals surface area (Å²) in [5.74, 6) is 2.25. The van der Waals surface area contributed by atoms with Crippen LogP contribution in [-0.2, 0) is 0 Å². The SMILES string of the molecule is Cc1sc(-c2ccco2)nc1C(=O)N1CC[C@@H]2CNC[C@@H]2CC1. The molecule has 0 bridgehead atoms. The number of furan rings is 1. The second kappa shape index (κ2) is 6.09. The van der Waals surface area contributed by atoms with Crippen molar-refractivity contribution in [1.82, 2.24) is 15.2 Å². The van der Waals surface area contributed by atoms with Crippen LogP contribution in [0.15, 0.2) is 22.8 Å². The molecule has 6 heteroatoms. The van der Waals surface area contributed by atoms with E-state index in [4.69, 9.17) is 4.42 Å². The van der Waals surface area contributed by atoms with Crippen molar-refractivity contribution in [1.29, 1.82) is 0 Å². The third-order valence-electron chi connectivity index (χ3n) is 5.04. The van der Waals surface area contributed by atoms with Gasteiger partial charge in [-0.3, -0.25) is 4.79 Å². The van der Waals surface area contributed by atoms with Gasteiger partial charge in [0.1, 0.15) is 5.69 Å². The standard InChI is InChI=1S/C17H21N3O2S/c1-11-15(19-16(23-11)14-3-2-8-22-14)17(21)20-6-4-12-9-18-10-13(12)5-7-20/h2-3,8,12-13,18H,4-7,9-10H2,1H3/t12-,13+. The van der Waals surface area contributed by atoms with Crippen LogP contribution < -0.4 is 5.32 Å². The van der Waals surface area contributed by atoms with Crippen LogP contribution in [0.5, 0.6) is 0 Å². The molecule has 122 valence electrons. The fraction of sp³-hybridized carbons (Fsp3) is 0.529. The van der Waals surface area contributed by atoms with E-state index in [9.17, 15) is 4.79 Å². The Hall–Kier alpha value is -1.66. The van der Waals surface area contributed by atoms with Crippen LogP contribution in [0.4, 0.5) is 0 Å². The zero-order chi connectivity index (χ0) is 15.8. The van der Waals surface area contributed by atoms with Crippen molar-refractivity contribution in [2.45, 2.75) is 19.8 Å². The number of nitrogens with zero attached hydrogens (tertiary/aromatic N) is 2. The minimum atomic E-state index is 0.0736. The Kier molecular flexibility index (Phi) is 3.95. The van der Waals surface area contributed by atoms with Crippen LogP contribution in [0.2, 0.25) is 0 Å². The maximum absolute atomic E-state index is 12.9.